The van der Waals surface area contributed by atoms with E-state index in [1.807, 2.05) is 19.5 Å². The summed E-state index contributed by atoms with van der Waals surface area (Å²) in [7, 11) is 4.00. The first-order valence-electron chi connectivity index (χ1n) is 5.78. The second-order valence-electron chi connectivity index (χ2n) is 5.03. The van der Waals surface area contributed by atoms with Gasteiger partial charge in [-0.15, -0.1) is 22.9 Å². The Balaban J connectivity index is 2.42. The summed E-state index contributed by atoms with van der Waals surface area (Å²) in [5, 5.41) is 5.63. The van der Waals surface area contributed by atoms with E-state index in [9.17, 15) is 4.79 Å². The molecule has 0 bridgehead atoms. The zero-order valence-corrected chi connectivity index (χ0v) is 12.9. The number of thiazole rings is 1. The molecule has 0 aliphatic rings. The summed E-state index contributed by atoms with van der Waals surface area (Å²) in [6.45, 7) is 4.79. The number of nitrogens with zero attached hydrogens (tertiary/aromatic N) is 2. The molecule has 1 amide bonds. The number of carbonyl (C=O) groups excluding carboxylic acids is 1. The van der Waals surface area contributed by atoms with Crippen LogP contribution in [0.1, 0.15) is 24.5 Å². The number of nitrogens with one attached hydrogen (secondary N) is 1. The van der Waals surface area contributed by atoms with Crippen molar-refractivity contribution in [3.8, 4) is 0 Å². The van der Waals surface area contributed by atoms with Crippen molar-refractivity contribution in [2.24, 2.45) is 0 Å². The number of alkyl halides is 1. The zero-order valence-electron chi connectivity index (χ0n) is 11.3. The Hall–Kier alpha value is -0.650. The van der Waals surface area contributed by atoms with E-state index in [1.54, 1.807) is 0 Å². The Morgan fingerprint density at radius 3 is 2.72 bits per heavy atom. The van der Waals surface area contributed by atoms with Crippen LogP contribution in [-0.2, 0) is 17.1 Å². The van der Waals surface area contributed by atoms with Crippen LogP contribution in [0.15, 0.2) is 5.38 Å². The van der Waals surface area contributed by atoms with Crippen LogP contribution in [0.3, 0.4) is 0 Å². The molecule has 0 radical (unpaired) electrons. The van der Waals surface area contributed by atoms with Crippen molar-refractivity contribution < 1.29 is 4.79 Å². The molecule has 0 aliphatic heterocycles. The molecule has 4 nitrogen and oxygen atoms in total. The zero-order chi connectivity index (χ0) is 13.8. The van der Waals surface area contributed by atoms with Gasteiger partial charge in [-0.2, -0.15) is 0 Å². The number of hydrogen-bond acceptors (Lipinski definition) is 4. The van der Waals surface area contributed by atoms with Crippen LogP contribution in [0.2, 0.25) is 0 Å². The van der Waals surface area contributed by atoms with Gasteiger partial charge in [-0.3, -0.25) is 4.79 Å². The minimum atomic E-state index is -0.0557. The van der Waals surface area contributed by atoms with Gasteiger partial charge in [-0.05, 0) is 27.9 Å². The van der Waals surface area contributed by atoms with Crippen molar-refractivity contribution in [1.82, 2.24) is 15.2 Å². The van der Waals surface area contributed by atoms with Crippen LogP contribution in [0, 0.1) is 0 Å². The lowest BCUT2D eigenvalue weighted by molar-refractivity contribution is -0.120. The van der Waals surface area contributed by atoms with E-state index < -0.39 is 0 Å². The smallest absolute Gasteiger partial charge is 0.226 e. The number of rotatable bonds is 6. The first-order valence-corrected chi connectivity index (χ1v) is 7.20. The van der Waals surface area contributed by atoms with E-state index >= 15 is 0 Å². The Kier molecular flexibility index (Phi) is 5.56. The fourth-order valence-corrected chi connectivity index (χ4v) is 2.19. The molecule has 6 heteroatoms. The third kappa shape index (κ3) is 4.55. The molecule has 0 aliphatic carbocycles. The first kappa shape index (κ1) is 15.4. The van der Waals surface area contributed by atoms with Gasteiger partial charge in [0, 0.05) is 17.5 Å². The van der Waals surface area contributed by atoms with Crippen LogP contribution in [0.5, 0.6) is 0 Å². The highest BCUT2D eigenvalue weighted by molar-refractivity contribution is 7.09. The molecule has 1 aromatic rings. The highest BCUT2D eigenvalue weighted by Gasteiger charge is 2.21. The topological polar surface area (TPSA) is 45.2 Å². The van der Waals surface area contributed by atoms with Gasteiger partial charge < -0.3 is 10.2 Å². The Morgan fingerprint density at radius 2 is 2.22 bits per heavy atom. The molecule has 0 atom stereocenters. The maximum atomic E-state index is 11.8. The molecule has 0 aromatic carbocycles. The second-order valence-corrected chi connectivity index (χ2v) is 6.24. The summed E-state index contributed by atoms with van der Waals surface area (Å²) in [5.74, 6) is 0.395. The van der Waals surface area contributed by atoms with Crippen molar-refractivity contribution in [2.45, 2.75) is 31.7 Å². The predicted octanol–water partition coefficient (Wildman–Crippen LogP) is 1.88. The van der Waals surface area contributed by atoms with Crippen molar-refractivity contribution in [3.63, 3.8) is 0 Å². The molecule has 1 aromatic heterocycles. The van der Waals surface area contributed by atoms with E-state index in [-0.39, 0.29) is 11.4 Å². The largest absolute Gasteiger partial charge is 0.354 e. The SMILES string of the molecule is CN(C)C(C)(C)CNC(=O)Cc1nc(CCl)cs1. The second kappa shape index (κ2) is 6.50. The molecule has 18 heavy (non-hydrogen) atoms. The summed E-state index contributed by atoms with van der Waals surface area (Å²) >= 11 is 7.15. The van der Waals surface area contributed by atoms with Crippen LogP contribution in [0.25, 0.3) is 0 Å². The van der Waals surface area contributed by atoms with Gasteiger partial charge >= 0.3 is 0 Å². The molecule has 0 saturated heterocycles. The molecule has 0 unspecified atom stereocenters. The summed E-state index contributed by atoms with van der Waals surface area (Å²) in [5.41, 5.74) is 0.776. The number of hydrogen-bond donors (Lipinski definition) is 1. The van der Waals surface area contributed by atoms with E-state index in [0.717, 1.165) is 10.7 Å². The Bertz CT molecular complexity index is 404. The third-order valence-electron chi connectivity index (χ3n) is 2.98. The lowest BCUT2D eigenvalue weighted by Crippen LogP contribution is -2.48. The van der Waals surface area contributed by atoms with Crippen molar-refractivity contribution in [1.29, 1.82) is 0 Å². The Labute approximate surface area is 117 Å². The van der Waals surface area contributed by atoms with Crippen molar-refractivity contribution in [3.05, 3.63) is 16.1 Å². The summed E-state index contributed by atoms with van der Waals surface area (Å²) < 4.78 is 0. The average Bonchev–Trinajstić information content (AvgIpc) is 2.74. The normalized spacial score (nSPS) is 11.9. The molecule has 102 valence electrons. The Morgan fingerprint density at radius 1 is 1.56 bits per heavy atom. The first-order chi connectivity index (χ1) is 8.35. The number of amides is 1. The molecular weight excluding hydrogens is 270 g/mol. The van der Waals surface area contributed by atoms with Gasteiger partial charge in [0.05, 0.1) is 18.0 Å². The van der Waals surface area contributed by atoms with Gasteiger partial charge in [0.1, 0.15) is 5.01 Å². The molecule has 0 fully saturated rings. The summed E-state index contributed by atoms with van der Waals surface area (Å²) in [6.07, 6.45) is 0.324. The van der Waals surface area contributed by atoms with Gasteiger partial charge in [-0.25, -0.2) is 4.98 Å². The van der Waals surface area contributed by atoms with Crippen LogP contribution >= 0.6 is 22.9 Å². The van der Waals surface area contributed by atoms with Crippen LogP contribution < -0.4 is 5.32 Å². The fourth-order valence-electron chi connectivity index (χ4n) is 1.16. The summed E-state index contributed by atoms with van der Waals surface area (Å²) in [6, 6.07) is 0. The molecule has 0 spiro atoms. The standard InChI is InChI=1S/C12H20ClN3OS/c1-12(2,16(3)4)8-14-10(17)5-11-15-9(6-13)7-18-11/h7H,5-6,8H2,1-4H3,(H,14,17). The lowest BCUT2D eigenvalue weighted by Gasteiger charge is -2.32. The average molecular weight is 290 g/mol. The lowest BCUT2D eigenvalue weighted by atomic mass is 10.0. The van der Waals surface area contributed by atoms with Gasteiger partial charge in [0.15, 0.2) is 0 Å². The number of halogens is 1. The highest BCUT2D eigenvalue weighted by atomic mass is 35.5. The van der Waals surface area contributed by atoms with E-state index in [4.69, 9.17) is 11.6 Å². The van der Waals surface area contributed by atoms with Crippen molar-refractivity contribution >= 4 is 28.8 Å². The van der Waals surface area contributed by atoms with Gasteiger partial charge in [0.25, 0.3) is 0 Å². The quantitative estimate of drug-likeness (QED) is 0.814. The van der Waals surface area contributed by atoms with E-state index in [2.05, 4.69) is 29.0 Å². The molecule has 1 N–H and O–H groups in total. The monoisotopic (exact) mass is 289 g/mol. The van der Waals surface area contributed by atoms with E-state index in [1.165, 1.54) is 11.3 Å². The fraction of sp³-hybridized carbons (Fsp3) is 0.667. The number of aromatic nitrogens is 1. The maximum absolute atomic E-state index is 11.8. The van der Waals surface area contributed by atoms with Crippen LogP contribution in [-0.4, -0.2) is 42.0 Å². The van der Waals surface area contributed by atoms with Crippen LogP contribution in [0.4, 0.5) is 0 Å². The minimum absolute atomic E-state index is 0.000368. The summed E-state index contributed by atoms with van der Waals surface area (Å²) in [4.78, 5) is 18.1. The van der Waals surface area contributed by atoms with Gasteiger partial charge in [0.2, 0.25) is 5.91 Å². The molecule has 1 rings (SSSR count). The third-order valence-corrected chi connectivity index (χ3v) is 4.15. The highest BCUT2D eigenvalue weighted by Crippen LogP contribution is 2.12. The van der Waals surface area contributed by atoms with Crippen molar-refractivity contribution in [2.75, 3.05) is 20.6 Å². The van der Waals surface area contributed by atoms with E-state index in [0.29, 0.717) is 18.8 Å². The van der Waals surface area contributed by atoms with Gasteiger partial charge in [-0.1, -0.05) is 0 Å². The molecule has 1 heterocycles. The predicted molar refractivity (Wildman–Crippen MR) is 76.2 cm³/mol. The molecule has 0 saturated carbocycles. The number of likely N-dealkylation sites (N-methyl/N-ethyl adjacent to an activating group) is 1. The minimum Gasteiger partial charge on any atom is -0.354 e. The maximum Gasteiger partial charge on any atom is 0.226 e. The number of carbonyl (C=O) groups is 1. The molecular formula is C12H20ClN3OS.